The Hall–Kier alpha value is -0.900. The Bertz CT molecular complexity index is 277. The SMILES string of the molecule is Fc1ccc(F)c(NCl)c1F. The Kier molecular flexibility index (Phi) is 2.24. The highest BCUT2D eigenvalue weighted by atomic mass is 35.5. The van der Waals surface area contributed by atoms with E-state index < -0.39 is 23.1 Å². The molecule has 0 bridgehead atoms. The van der Waals surface area contributed by atoms with E-state index in [9.17, 15) is 13.2 Å². The highest BCUT2D eigenvalue weighted by molar-refractivity contribution is 6.24. The Morgan fingerprint density at radius 2 is 1.64 bits per heavy atom. The molecule has 1 rings (SSSR count). The van der Waals surface area contributed by atoms with Gasteiger partial charge in [-0.25, -0.2) is 13.2 Å². The van der Waals surface area contributed by atoms with Crippen molar-refractivity contribution in [3.05, 3.63) is 29.6 Å². The van der Waals surface area contributed by atoms with Crippen molar-refractivity contribution in [1.82, 2.24) is 0 Å². The molecule has 0 saturated heterocycles. The maximum atomic E-state index is 12.5. The summed E-state index contributed by atoms with van der Waals surface area (Å²) < 4.78 is 37.3. The zero-order chi connectivity index (χ0) is 8.43. The lowest BCUT2D eigenvalue weighted by Crippen LogP contribution is -1.94. The minimum atomic E-state index is -1.32. The molecule has 0 heterocycles. The van der Waals surface area contributed by atoms with Gasteiger partial charge in [-0.05, 0) is 12.1 Å². The second kappa shape index (κ2) is 3.00. The Morgan fingerprint density at radius 3 is 2.09 bits per heavy atom. The molecule has 0 saturated carbocycles. The minimum absolute atomic E-state index is 0.674. The van der Waals surface area contributed by atoms with Crippen molar-refractivity contribution in [2.24, 2.45) is 0 Å². The van der Waals surface area contributed by atoms with Crippen molar-refractivity contribution in [3.8, 4) is 0 Å². The number of anilines is 1. The van der Waals surface area contributed by atoms with Gasteiger partial charge >= 0.3 is 0 Å². The van der Waals surface area contributed by atoms with Crippen LogP contribution < -0.4 is 4.84 Å². The second-order valence-corrected chi connectivity index (χ2v) is 2.00. The van der Waals surface area contributed by atoms with Crippen molar-refractivity contribution < 1.29 is 13.2 Å². The Morgan fingerprint density at radius 1 is 1.09 bits per heavy atom. The first kappa shape index (κ1) is 8.20. The molecule has 0 spiro atoms. The molecule has 0 unspecified atom stereocenters. The first-order valence-electron chi connectivity index (χ1n) is 2.67. The molecule has 1 nitrogen and oxygen atoms in total. The van der Waals surface area contributed by atoms with Crippen LogP contribution in [0.5, 0.6) is 0 Å². The standard InChI is InChI=1S/C6H3ClF3N/c7-11-6-4(9)2-1-3(8)5(6)10/h1-2,11H. The molecule has 0 aliphatic heterocycles. The molecule has 1 aromatic carbocycles. The van der Waals surface area contributed by atoms with Gasteiger partial charge in [-0.1, -0.05) is 0 Å². The molecule has 60 valence electrons. The van der Waals surface area contributed by atoms with Crippen molar-refractivity contribution in [1.29, 1.82) is 0 Å². The third kappa shape index (κ3) is 1.40. The zero-order valence-electron chi connectivity index (χ0n) is 5.17. The highest BCUT2D eigenvalue weighted by Crippen LogP contribution is 2.21. The Labute approximate surface area is 65.9 Å². The fraction of sp³-hybridized carbons (Fsp3) is 0. The summed E-state index contributed by atoms with van der Waals surface area (Å²) in [5, 5.41) is 0. The maximum absolute atomic E-state index is 12.5. The first-order valence-corrected chi connectivity index (χ1v) is 3.04. The molecule has 0 aliphatic carbocycles. The van der Waals surface area contributed by atoms with Crippen molar-refractivity contribution >= 4 is 17.5 Å². The van der Waals surface area contributed by atoms with Gasteiger partial charge in [0.05, 0.1) is 0 Å². The van der Waals surface area contributed by atoms with Gasteiger partial charge in [-0.2, -0.15) is 0 Å². The van der Waals surface area contributed by atoms with Crippen molar-refractivity contribution in [2.45, 2.75) is 0 Å². The number of hydrogen-bond donors (Lipinski definition) is 1. The van der Waals surface area contributed by atoms with Crippen LogP contribution in [-0.2, 0) is 0 Å². The number of rotatable bonds is 1. The maximum Gasteiger partial charge on any atom is 0.186 e. The lowest BCUT2D eigenvalue weighted by Gasteiger charge is -2.01. The lowest BCUT2D eigenvalue weighted by atomic mass is 10.3. The molecule has 0 fully saturated rings. The van der Waals surface area contributed by atoms with Gasteiger partial charge in [0, 0.05) is 11.8 Å². The van der Waals surface area contributed by atoms with E-state index >= 15 is 0 Å². The fourth-order valence-electron chi connectivity index (χ4n) is 0.614. The third-order valence-corrected chi connectivity index (χ3v) is 1.33. The van der Waals surface area contributed by atoms with E-state index in [0.717, 1.165) is 6.07 Å². The van der Waals surface area contributed by atoms with Gasteiger partial charge in [-0.3, -0.25) is 4.84 Å². The third-order valence-electron chi connectivity index (χ3n) is 1.14. The van der Waals surface area contributed by atoms with E-state index in [1.807, 2.05) is 0 Å². The average molecular weight is 182 g/mol. The Balaban J connectivity index is 3.29. The van der Waals surface area contributed by atoms with Crippen LogP contribution in [0.15, 0.2) is 12.1 Å². The number of nitrogens with one attached hydrogen (secondary N) is 1. The number of halogens is 4. The van der Waals surface area contributed by atoms with Gasteiger partial charge in [0.2, 0.25) is 0 Å². The van der Waals surface area contributed by atoms with Gasteiger partial charge in [0.1, 0.15) is 5.69 Å². The van der Waals surface area contributed by atoms with Crippen LogP contribution in [0, 0.1) is 17.5 Å². The van der Waals surface area contributed by atoms with Crippen molar-refractivity contribution in [3.63, 3.8) is 0 Å². The highest BCUT2D eigenvalue weighted by Gasteiger charge is 2.11. The van der Waals surface area contributed by atoms with Crippen LogP contribution in [0.4, 0.5) is 18.9 Å². The average Bonchev–Trinajstić information content (AvgIpc) is 1.99. The van der Waals surface area contributed by atoms with Crippen LogP contribution in [0.2, 0.25) is 0 Å². The first-order chi connectivity index (χ1) is 5.16. The quantitative estimate of drug-likeness (QED) is 0.519. The summed E-state index contributed by atoms with van der Waals surface area (Å²) in [4.78, 5) is 1.69. The minimum Gasteiger partial charge on any atom is -0.293 e. The molecular formula is C6H3ClF3N. The van der Waals surface area contributed by atoms with Crippen molar-refractivity contribution in [2.75, 3.05) is 4.84 Å². The summed E-state index contributed by atoms with van der Waals surface area (Å²) in [7, 11) is 0. The van der Waals surface area contributed by atoms with Gasteiger partial charge in [0.25, 0.3) is 0 Å². The summed E-state index contributed by atoms with van der Waals surface area (Å²) in [6.07, 6.45) is 0. The van der Waals surface area contributed by atoms with Crippen LogP contribution >= 0.6 is 11.8 Å². The smallest absolute Gasteiger partial charge is 0.186 e. The second-order valence-electron chi connectivity index (χ2n) is 1.81. The molecule has 0 amide bonds. The van der Waals surface area contributed by atoms with Gasteiger partial charge < -0.3 is 0 Å². The number of hydrogen-bond acceptors (Lipinski definition) is 1. The van der Waals surface area contributed by atoms with Crippen LogP contribution in [0.1, 0.15) is 0 Å². The van der Waals surface area contributed by atoms with Gasteiger partial charge in [0.15, 0.2) is 17.5 Å². The van der Waals surface area contributed by atoms with Crippen LogP contribution in [0.25, 0.3) is 0 Å². The molecule has 0 radical (unpaired) electrons. The number of benzene rings is 1. The summed E-state index contributed by atoms with van der Waals surface area (Å²) in [6, 6.07) is 1.46. The largest absolute Gasteiger partial charge is 0.293 e. The molecule has 0 aliphatic rings. The lowest BCUT2D eigenvalue weighted by molar-refractivity contribution is 0.500. The predicted molar refractivity (Wildman–Crippen MR) is 35.8 cm³/mol. The monoisotopic (exact) mass is 181 g/mol. The fourth-order valence-corrected chi connectivity index (χ4v) is 0.787. The summed E-state index contributed by atoms with van der Waals surface area (Å²) in [5.41, 5.74) is -0.674. The predicted octanol–water partition coefficient (Wildman–Crippen LogP) is 2.67. The molecule has 11 heavy (non-hydrogen) atoms. The molecule has 1 N–H and O–H groups in total. The van der Waals surface area contributed by atoms with E-state index in [0.29, 0.717) is 6.07 Å². The topological polar surface area (TPSA) is 12.0 Å². The molecule has 1 aromatic rings. The van der Waals surface area contributed by atoms with E-state index in [2.05, 4.69) is 0 Å². The van der Waals surface area contributed by atoms with Crippen LogP contribution in [0.3, 0.4) is 0 Å². The van der Waals surface area contributed by atoms with Crippen LogP contribution in [-0.4, -0.2) is 0 Å². The van der Waals surface area contributed by atoms with E-state index in [1.165, 1.54) is 0 Å². The van der Waals surface area contributed by atoms with E-state index in [1.54, 1.807) is 4.84 Å². The molecule has 0 atom stereocenters. The molecule has 0 aromatic heterocycles. The summed E-state index contributed by atoms with van der Waals surface area (Å²) in [6.45, 7) is 0. The molecule has 5 heteroatoms. The summed E-state index contributed by atoms with van der Waals surface area (Å²) in [5.74, 6) is -3.39. The normalized spacial score (nSPS) is 9.82. The van der Waals surface area contributed by atoms with Gasteiger partial charge in [-0.15, -0.1) is 0 Å². The zero-order valence-corrected chi connectivity index (χ0v) is 5.92. The summed E-state index contributed by atoms with van der Waals surface area (Å²) >= 11 is 4.91. The van der Waals surface area contributed by atoms with E-state index in [4.69, 9.17) is 11.8 Å². The molecular weight excluding hydrogens is 179 g/mol. The van der Waals surface area contributed by atoms with E-state index in [-0.39, 0.29) is 0 Å².